The van der Waals surface area contributed by atoms with Gasteiger partial charge in [-0.1, -0.05) is 12.5 Å². The van der Waals surface area contributed by atoms with Crippen LogP contribution in [0.5, 0.6) is 0 Å². The van der Waals surface area contributed by atoms with Crippen molar-refractivity contribution in [2.45, 2.75) is 38.6 Å². The van der Waals surface area contributed by atoms with E-state index in [0.717, 1.165) is 18.6 Å². The summed E-state index contributed by atoms with van der Waals surface area (Å²) in [4.78, 5) is 12.5. The van der Waals surface area contributed by atoms with E-state index < -0.39 is 10.0 Å². The Morgan fingerprint density at radius 1 is 1.23 bits per heavy atom. The third-order valence-electron chi connectivity index (χ3n) is 4.93. The predicted octanol–water partition coefficient (Wildman–Crippen LogP) is 2.28. The largest absolute Gasteiger partial charge is 0.349 e. The minimum Gasteiger partial charge on any atom is -0.349 e. The molecule has 0 unspecified atom stereocenters. The summed E-state index contributed by atoms with van der Waals surface area (Å²) in [7, 11) is -3.35. The maximum absolute atomic E-state index is 12.5. The van der Waals surface area contributed by atoms with Gasteiger partial charge in [-0.15, -0.1) is 0 Å². The Labute approximate surface area is 131 Å². The van der Waals surface area contributed by atoms with Crippen LogP contribution in [0, 0.1) is 18.8 Å². The molecule has 22 heavy (non-hydrogen) atoms. The molecule has 1 amide bonds. The number of nitrogens with one attached hydrogen (secondary N) is 2. The lowest BCUT2D eigenvalue weighted by Gasteiger charge is -2.23. The van der Waals surface area contributed by atoms with E-state index in [1.165, 1.54) is 19.3 Å². The number of anilines is 1. The van der Waals surface area contributed by atoms with Crippen LogP contribution in [0.2, 0.25) is 0 Å². The maximum atomic E-state index is 12.5. The summed E-state index contributed by atoms with van der Waals surface area (Å²) in [5.74, 6) is 1.29. The second-order valence-corrected chi connectivity index (χ2v) is 8.36. The summed E-state index contributed by atoms with van der Waals surface area (Å²) in [6.07, 6.45) is 5.93. The topological polar surface area (TPSA) is 75.3 Å². The Morgan fingerprint density at radius 3 is 2.59 bits per heavy atom. The lowest BCUT2D eigenvalue weighted by molar-refractivity contribution is 0.0922. The Balaban J connectivity index is 1.76. The summed E-state index contributed by atoms with van der Waals surface area (Å²) in [6.45, 7) is 1.77. The maximum Gasteiger partial charge on any atom is 0.251 e. The van der Waals surface area contributed by atoms with Crippen molar-refractivity contribution in [3.05, 3.63) is 29.3 Å². The molecule has 2 aliphatic carbocycles. The van der Waals surface area contributed by atoms with E-state index in [4.69, 9.17) is 0 Å². The molecule has 2 aliphatic rings. The van der Waals surface area contributed by atoms with Gasteiger partial charge in [0.05, 0.1) is 11.9 Å². The smallest absolute Gasteiger partial charge is 0.251 e. The van der Waals surface area contributed by atoms with Gasteiger partial charge in [-0.05, 0) is 55.7 Å². The molecule has 5 nitrogen and oxygen atoms in total. The molecule has 1 aromatic carbocycles. The number of benzene rings is 1. The first-order valence-electron chi connectivity index (χ1n) is 7.72. The van der Waals surface area contributed by atoms with Gasteiger partial charge in [0.2, 0.25) is 10.0 Å². The molecule has 2 bridgehead atoms. The van der Waals surface area contributed by atoms with E-state index in [-0.39, 0.29) is 11.9 Å². The van der Waals surface area contributed by atoms with E-state index in [1.54, 1.807) is 25.1 Å². The minimum absolute atomic E-state index is 0.104. The van der Waals surface area contributed by atoms with Crippen molar-refractivity contribution >= 4 is 21.6 Å². The van der Waals surface area contributed by atoms with Crippen LogP contribution < -0.4 is 10.0 Å². The van der Waals surface area contributed by atoms with Gasteiger partial charge in [-0.3, -0.25) is 9.52 Å². The summed E-state index contributed by atoms with van der Waals surface area (Å²) in [6, 6.07) is 5.39. The van der Waals surface area contributed by atoms with Crippen molar-refractivity contribution in [2.24, 2.45) is 11.8 Å². The number of hydrogen-bond acceptors (Lipinski definition) is 3. The summed E-state index contributed by atoms with van der Waals surface area (Å²) in [5, 5.41) is 3.14. The van der Waals surface area contributed by atoms with Crippen LogP contribution in [0.3, 0.4) is 0 Å². The van der Waals surface area contributed by atoms with Crippen molar-refractivity contribution in [3.63, 3.8) is 0 Å². The first-order valence-corrected chi connectivity index (χ1v) is 9.61. The van der Waals surface area contributed by atoms with Crippen molar-refractivity contribution < 1.29 is 13.2 Å². The molecule has 0 aromatic heterocycles. The lowest BCUT2D eigenvalue weighted by atomic mass is 9.95. The third-order valence-corrected chi connectivity index (χ3v) is 5.52. The number of carbonyl (C=O) groups excluding carboxylic acids is 1. The number of fused-ring (bicyclic) bond motifs is 2. The van der Waals surface area contributed by atoms with Gasteiger partial charge in [-0.25, -0.2) is 8.42 Å². The summed E-state index contributed by atoms with van der Waals surface area (Å²) in [5.41, 5.74) is 1.66. The second-order valence-electron chi connectivity index (χ2n) is 6.61. The predicted molar refractivity (Wildman–Crippen MR) is 86.3 cm³/mol. The average molecular weight is 322 g/mol. The van der Waals surface area contributed by atoms with Crippen LogP contribution in [0.25, 0.3) is 0 Å². The van der Waals surface area contributed by atoms with E-state index in [2.05, 4.69) is 10.0 Å². The Hall–Kier alpha value is -1.56. The van der Waals surface area contributed by atoms with Crippen LogP contribution >= 0.6 is 0 Å². The molecule has 2 N–H and O–H groups in total. The highest BCUT2D eigenvalue weighted by molar-refractivity contribution is 7.92. The monoisotopic (exact) mass is 322 g/mol. The molecular formula is C16H22N2O3S. The van der Waals surface area contributed by atoms with Gasteiger partial charge in [0, 0.05) is 11.6 Å². The molecule has 0 spiro atoms. The fourth-order valence-corrected chi connectivity index (χ4v) is 4.48. The molecule has 2 saturated carbocycles. The highest BCUT2D eigenvalue weighted by Gasteiger charge is 2.40. The normalized spacial score (nSPS) is 26.9. The quantitative estimate of drug-likeness (QED) is 0.893. The molecular weight excluding hydrogens is 300 g/mol. The van der Waals surface area contributed by atoms with Crippen molar-refractivity contribution in [2.75, 3.05) is 11.0 Å². The summed E-state index contributed by atoms with van der Waals surface area (Å²) < 4.78 is 25.2. The minimum atomic E-state index is -3.35. The zero-order valence-corrected chi connectivity index (χ0v) is 13.7. The van der Waals surface area contributed by atoms with Crippen molar-refractivity contribution in [1.29, 1.82) is 0 Å². The van der Waals surface area contributed by atoms with Gasteiger partial charge >= 0.3 is 0 Å². The van der Waals surface area contributed by atoms with E-state index >= 15 is 0 Å². The van der Waals surface area contributed by atoms with Crippen molar-refractivity contribution in [1.82, 2.24) is 5.32 Å². The van der Waals surface area contributed by atoms with Crippen molar-refractivity contribution in [3.8, 4) is 0 Å². The average Bonchev–Trinajstić information content (AvgIpc) is 3.02. The molecule has 6 heteroatoms. The molecule has 0 saturated heterocycles. The van der Waals surface area contributed by atoms with Gasteiger partial charge < -0.3 is 5.32 Å². The molecule has 120 valence electrons. The second kappa shape index (κ2) is 5.57. The molecule has 0 aliphatic heterocycles. The Morgan fingerprint density at radius 2 is 2.00 bits per heavy atom. The van der Waals surface area contributed by atoms with Gasteiger partial charge in [0.25, 0.3) is 5.91 Å². The van der Waals surface area contributed by atoms with Gasteiger partial charge in [0.1, 0.15) is 0 Å². The first-order chi connectivity index (χ1) is 10.3. The van der Waals surface area contributed by atoms with Gasteiger partial charge in [-0.2, -0.15) is 0 Å². The van der Waals surface area contributed by atoms with Crippen LogP contribution in [-0.4, -0.2) is 26.6 Å². The standard InChI is InChI=1S/C16H22N2O3S/c1-10-13(4-3-5-14(10)18-22(2,20)21)16(19)17-15-9-11-6-7-12(15)8-11/h3-5,11-12,15,18H,6-9H2,1-2H3,(H,17,19)/t11-,12-,15-/m0/s1. The zero-order chi connectivity index (χ0) is 15.9. The Kier molecular flexibility index (Phi) is 3.89. The van der Waals surface area contributed by atoms with E-state index in [1.807, 2.05) is 0 Å². The van der Waals surface area contributed by atoms with Gasteiger partial charge in [0.15, 0.2) is 0 Å². The summed E-state index contributed by atoms with van der Waals surface area (Å²) >= 11 is 0. The molecule has 0 radical (unpaired) electrons. The van der Waals surface area contributed by atoms with Crippen LogP contribution in [-0.2, 0) is 10.0 Å². The number of amides is 1. The fourth-order valence-electron chi connectivity index (χ4n) is 3.86. The highest BCUT2D eigenvalue weighted by Crippen LogP contribution is 2.44. The number of sulfonamides is 1. The molecule has 3 rings (SSSR count). The van der Waals surface area contributed by atoms with E-state index in [9.17, 15) is 13.2 Å². The third kappa shape index (κ3) is 3.11. The van der Waals surface area contributed by atoms with Crippen LogP contribution in [0.4, 0.5) is 5.69 Å². The van der Waals surface area contributed by atoms with Crippen LogP contribution in [0.1, 0.15) is 41.6 Å². The molecule has 1 aromatic rings. The van der Waals surface area contributed by atoms with E-state index in [0.29, 0.717) is 22.7 Å². The van der Waals surface area contributed by atoms with Crippen LogP contribution in [0.15, 0.2) is 18.2 Å². The zero-order valence-electron chi connectivity index (χ0n) is 12.9. The molecule has 0 heterocycles. The lowest BCUT2D eigenvalue weighted by Crippen LogP contribution is -2.38. The number of carbonyl (C=O) groups is 1. The number of hydrogen-bond donors (Lipinski definition) is 2. The SMILES string of the molecule is Cc1c(NS(C)(=O)=O)cccc1C(=O)N[C@H]1C[C@H]2CC[C@H]1C2. The molecule has 3 atom stereocenters. The fraction of sp³-hybridized carbons (Fsp3) is 0.562. The number of rotatable bonds is 4. The molecule has 2 fully saturated rings. The Bertz CT molecular complexity index is 699. The first kappa shape index (κ1) is 15.3. The highest BCUT2D eigenvalue weighted by atomic mass is 32.2.